The fourth-order valence-electron chi connectivity index (χ4n) is 1.85. The highest BCUT2D eigenvalue weighted by atomic mass is 32.1. The Morgan fingerprint density at radius 2 is 2.00 bits per heavy atom. The first-order valence-electron chi connectivity index (χ1n) is 6.13. The summed E-state index contributed by atoms with van der Waals surface area (Å²) in [6.45, 7) is 3.41. The average molecular weight is 301 g/mol. The Bertz CT molecular complexity index is 761. The second kappa shape index (κ2) is 5.41. The van der Waals surface area contributed by atoms with Gasteiger partial charge in [0.05, 0.1) is 5.69 Å². The number of aromatic nitrogens is 4. The van der Waals surface area contributed by atoms with Crippen molar-refractivity contribution in [3.63, 3.8) is 0 Å². The molecule has 0 fully saturated rings. The van der Waals surface area contributed by atoms with Crippen molar-refractivity contribution in [3.8, 4) is 10.6 Å². The normalized spacial score (nSPS) is 10.6. The van der Waals surface area contributed by atoms with Gasteiger partial charge in [-0.15, -0.1) is 10.2 Å². The van der Waals surface area contributed by atoms with E-state index < -0.39 is 0 Å². The van der Waals surface area contributed by atoms with Crippen LogP contribution in [0.25, 0.3) is 10.6 Å². The molecule has 0 bridgehead atoms. The molecule has 0 aromatic carbocycles. The molecule has 1 N–H and O–H groups in total. The van der Waals surface area contributed by atoms with Crippen LogP contribution in [0.1, 0.15) is 21.8 Å². The van der Waals surface area contributed by atoms with Gasteiger partial charge >= 0.3 is 0 Å². The van der Waals surface area contributed by atoms with E-state index in [1.807, 2.05) is 12.1 Å². The molecule has 3 rings (SSSR count). The first-order chi connectivity index (χ1) is 10.1. The van der Waals surface area contributed by atoms with Gasteiger partial charge in [0.15, 0.2) is 0 Å². The number of nitrogens with one attached hydrogen (secondary N) is 1. The Balaban J connectivity index is 1.81. The Hall–Kier alpha value is -2.61. The number of hydrogen-bond donors (Lipinski definition) is 1. The van der Waals surface area contributed by atoms with E-state index in [1.165, 1.54) is 11.3 Å². The zero-order valence-electron chi connectivity index (χ0n) is 11.3. The molecule has 0 aliphatic carbocycles. The molecular weight excluding hydrogens is 290 g/mol. The summed E-state index contributed by atoms with van der Waals surface area (Å²) in [7, 11) is 0. The summed E-state index contributed by atoms with van der Waals surface area (Å²) in [4.78, 5) is 16.1. The first-order valence-corrected chi connectivity index (χ1v) is 6.95. The minimum atomic E-state index is -0.302. The topological polar surface area (TPSA) is 93.8 Å². The standard InChI is InChI=1S/C13H11N5O2S/c1-7-10(8(2)20-18-7)11(19)15-13-17-16-12(21-13)9-3-5-14-6-4-9/h3-6H,1-2H3,(H,15,17,19). The lowest BCUT2D eigenvalue weighted by Gasteiger charge is -1.99. The van der Waals surface area contributed by atoms with Gasteiger partial charge in [-0.2, -0.15) is 0 Å². The molecular formula is C13H11N5O2S. The second-order valence-corrected chi connectivity index (χ2v) is 5.28. The summed E-state index contributed by atoms with van der Waals surface area (Å²) < 4.78 is 4.98. The number of carbonyl (C=O) groups is 1. The van der Waals surface area contributed by atoms with Crippen LogP contribution in [-0.4, -0.2) is 26.2 Å². The monoisotopic (exact) mass is 301 g/mol. The van der Waals surface area contributed by atoms with Crippen LogP contribution in [0, 0.1) is 13.8 Å². The minimum Gasteiger partial charge on any atom is -0.361 e. The second-order valence-electron chi connectivity index (χ2n) is 4.30. The van der Waals surface area contributed by atoms with Gasteiger partial charge in [-0.25, -0.2) is 0 Å². The molecule has 1 amide bonds. The van der Waals surface area contributed by atoms with Gasteiger partial charge < -0.3 is 4.52 Å². The molecule has 0 saturated carbocycles. The summed E-state index contributed by atoms with van der Waals surface area (Å²) in [5.41, 5.74) is 1.87. The van der Waals surface area contributed by atoms with Gasteiger partial charge in [-0.3, -0.25) is 15.1 Å². The molecule has 0 aliphatic rings. The molecule has 106 valence electrons. The highest BCUT2D eigenvalue weighted by Gasteiger charge is 2.19. The molecule has 21 heavy (non-hydrogen) atoms. The van der Waals surface area contributed by atoms with E-state index >= 15 is 0 Å². The fraction of sp³-hybridized carbons (Fsp3) is 0.154. The quantitative estimate of drug-likeness (QED) is 0.798. The zero-order valence-corrected chi connectivity index (χ0v) is 12.1. The molecule has 3 aromatic rings. The number of hydrogen-bond acceptors (Lipinski definition) is 7. The van der Waals surface area contributed by atoms with Crippen molar-refractivity contribution in [1.29, 1.82) is 0 Å². The van der Waals surface area contributed by atoms with Crippen LogP contribution in [0.15, 0.2) is 29.0 Å². The van der Waals surface area contributed by atoms with Crippen molar-refractivity contribution in [1.82, 2.24) is 20.3 Å². The third kappa shape index (κ3) is 2.65. The SMILES string of the molecule is Cc1noc(C)c1C(=O)Nc1nnc(-c2ccncc2)s1. The molecule has 0 aliphatic heterocycles. The third-order valence-corrected chi connectivity index (χ3v) is 3.72. The maximum Gasteiger partial charge on any atom is 0.263 e. The van der Waals surface area contributed by atoms with Crippen molar-refractivity contribution in [3.05, 3.63) is 41.5 Å². The van der Waals surface area contributed by atoms with Gasteiger partial charge in [0, 0.05) is 18.0 Å². The van der Waals surface area contributed by atoms with Crippen LogP contribution in [0.5, 0.6) is 0 Å². The smallest absolute Gasteiger partial charge is 0.263 e. The molecule has 7 nitrogen and oxygen atoms in total. The molecule has 0 spiro atoms. The molecule has 0 saturated heterocycles. The van der Waals surface area contributed by atoms with Crippen LogP contribution in [0.3, 0.4) is 0 Å². The molecule has 3 heterocycles. The number of pyridine rings is 1. The van der Waals surface area contributed by atoms with E-state index in [9.17, 15) is 4.79 Å². The van der Waals surface area contributed by atoms with Crippen LogP contribution in [0.2, 0.25) is 0 Å². The van der Waals surface area contributed by atoms with Gasteiger partial charge in [0.1, 0.15) is 16.3 Å². The Morgan fingerprint density at radius 3 is 2.67 bits per heavy atom. The van der Waals surface area contributed by atoms with Crippen LogP contribution in [-0.2, 0) is 0 Å². The molecule has 0 radical (unpaired) electrons. The predicted octanol–water partition coefficient (Wildman–Crippen LogP) is 2.46. The number of amides is 1. The Kier molecular flexibility index (Phi) is 3.44. The first kappa shape index (κ1) is 13.4. The third-order valence-electron chi connectivity index (χ3n) is 2.83. The lowest BCUT2D eigenvalue weighted by molar-refractivity contribution is 0.102. The number of carbonyl (C=O) groups excluding carboxylic acids is 1. The van der Waals surface area contributed by atoms with E-state index in [0.29, 0.717) is 27.2 Å². The van der Waals surface area contributed by atoms with E-state index in [4.69, 9.17) is 4.52 Å². The van der Waals surface area contributed by atoms with E-state index in [-0.39, 0.29) is 5.91 Å². The van der Waals surface area contributed by atoms with Crippen molar-refractivity contribution in [2.75, 3.05) is 5.32 Å². The van der Waals surface area contributed by atoms with Gasteiger partial charge in [-0.05, 0) is 26.0 Å². The summed E-state index contributed by atoms with van der Waals surface area (Å²) in [5.74, 6) is 0.174. The Labute approximate surface area is 124 Å². The number of anilines is 1. The van der Waals surface area contributed by atoms with Crippen molar-refractivity contribution >= 4 is 22.4 Å². The number of aryl methyl sites for hydroxylation is 2. The average Bonchev–Trinajstić information content (AvgIpc) is 3.07. The van der Waals surface area contributed by atoms with E-state index in [0.717, 1.165) is 5.56 Å². The minimum absolute atomic E-state index is 0.302. The van der Waals surface area contributed by atoms with Crippen LogP contribution < -0.4 is 5.32 Å². The largest absolute Gasteiger partial charge is 0.361 e. The van der Waals surface area contributed by atoms with E-state index in [1.54, 1.807) is 26.2 Å². The van der Waals surface area contributed by atoms with Gasteiger partial charge in [0.2, 0.25) is 5.13 Å². The molecule has 8 heteroatoms. The van der Waals surface area contributed by atoms with Crippen LogP contribution >= 0.6 is 11.3 Å². The fourth-order valence-corrected chi connectivity index (χ4v) is 2.60. The van der Waals surface area contributed by atoms with Gasteiger partial charge in [-0.1, -0.05) is 16.5 Å². The molecule has 0 atom stereocenters. The lowest BCUT2D eigenvalue weighted by atomic mass is 10.2. The summed E-state index contributed by atoms with van der Waals surface area (Å²) in [5, 5.41) is 15.6. The highest BCUT2D eigenvalue weighted by Crippen LogP contribution is 2.26. The highest BCUT2D eigenvalue weighted by molar-refractivity contribution is 7.18. The predicted molar refractivity (Wildman–Crippen MR) is 77.1 cm³/mol. The van der Waals surface area contributed by atoms with Gasteiger partial charge in [0.25, 0.3) is 5.91 Å². The van der Waals surface area contributed by atoms with Crippen molar-refractivity contribution < 1.29 is 9.32 Å². The summed E-state index contributed by atoms with van der Waals surface area (Å²) in [6.07, 6.45) is 3.36. The maximum absolute atomic E-state index is 12.2. The van der Waals surface area contributed by atoms with Crippen molar-refractivity contribution in [2.24, 2.45) is 0 Å². The van der Waals surface area contributed by atoms with Crippen LogP contribution in [0.4, 0.5) is 5.13 Å². The lowest BCUT2D eigenvalue weighted by Crippen LogP contribution is -2.13. The molecule has 3 aromatic heterocycles. The van der Waals surface area contributed by atoms with Crippen molar-refractivity contribution in [2.45, 2.75) is 13.8 Å². The van der Waals surface area contributed by atoms with E-state index in [2.05, 4.69) is 25.7 Å². The molecule has 0 unspecified atom stereocenters. The maximum atomic E-state index is 12.2. The Morgan fingerprint density at radius 1 is 1.24 bits per heavy atom. The summed E-state index contributed by atoms with van der Waals surface area (Å²) in [6, 6.07) is 3.67. The number of rotatable bonds is 3. The zero-order chi connectivity index (χ0) is 14.8. The summed E-state index contributed by atoms with van der Waals surface area (Å²) >= 11 is 1.29. The number of nitrogens with zero attached hydrogens (tertiary/aromatic N) is 4.